The van der Waals surface area contributed by atoms with E-state index in [9.17, 15) is 4.79 Å². The van der Waals surface area contributed by atoms with Crippen LogP contribution in [0.25, 0.3) is 0 Å². The van der Waals surface area contributed by atoms with Gasteiger partial charge < -0.3 is 14.6 Å². The summed E-state index contributed by atoms with van der Waals surface area (Å²) in [4.78, 5) is 15.0. The molecule has 0 atom stereocenters. The summed E-state index contributed by atoms with van der Waals surface area (Å²) >= 11 is 0. The third kappa shape index (κ3) is 4.80. The number of pyridine rings is 1. The number of aromatic nitrogens is 1. The molecule has 5 heteroatoms. The molecule has 1 aromatic carbocycles. The molecule has 110 valence electrons. The fourth-order valence-electron chi connectivity index (χ4n) is 1.70. The third-order valence-electron chi connectivity index (χ3n) is 2.79. The highest BCUT2D eigenvalue weighted by molar-refractivity contribution is 5.87. The summed E-state index contributed by atoms with van der Waals surface area (Å²) < 4.78 is 11.0. The van der Waals surface area contributed by atoms with Gasteiger partial charge >= 0.3 is 5.97 Å². The van der Waals surface area contributed by atoms with Crippen LogP contribution >= 0.6 is 0 Å². The van der Waals surface area contributed by atoms with Gasteiger partial charge in [0.25, 0.3) is 0 Å². The van der Waals surface area contributed by atoms with Gasteiger partial charge in [0.15, 0.2) is 0 Å². The zero-order valence-electron chi connectivity index (χ0n) is 11.8. The lowest BCUT2D eigenvalue weighted by Crippen LogP contribution is -2.05. The number of aryl methyl sites for hydroxylation is 1. The molecule has 0 radical (unpaired) electrons. The van der Waals surface area contributed by atoms with E-state index in [1.54, 1.807) is 18.3 Å². The van der Waals surface area contributed by atoms with Gasteiger partial charge in [-0.2, -0.15) is 0 Å². The molecule has 0 bridgehead atoms. The van der Waals surface area contributed by atoms with Gasteiger partial charge in [0.2, 0.25) is 0 Å². The molecule has 0 aliphatic carbocycles. The normalized spacial score (nSPS) is 10.1. The van der Waals surface area contributed by atoms with Gasteiger partial charge in [0.1, 0.15) is 11.5 Å². The molecule has 0 saturated heterocycles. The number of benzene rings is 1. The zero-order valence-corrected chi connectivity index (χ0v) is 11.8. The highest BCUT2D eigenvalue weighted by Gasteiger charge is 2.03. The predicted molar refractivity (Wildman–Crippen MR) is 78.0 cm³/mol. The predicted octanol–water partition coefficient (Wildman–Crippen LogP) is 2.94. The number of carboxylic acid groups (broad SMARTS) is 1. The molecule has 21 heavy (non-hydrogen) atoms. The Bertz CT molecular complexity index is 595. The van der Waals surface area contributed by atoms with Crippen LogP contribution in [0.2, 0.25) is 0 Å². The SMILES string of the molecule is Cc1ccc(OCCCOc2cccc(C(=O)O)c2)cn1. The Hall–Kier alpha value is -2.56. The van der Waals surface area contributed by atoms with Gasteiger partial charge in [0, 0.05) is 12.1 Å². The van der Waals surface area contributed by atoms with Gasteiger partial charge in [-0.3, -0.25) is 4.98 Å². The maximum absolute atomic E-state index is 10.8. The molecule has 1 aromatic heterocycles. The first kappa shape index (κ1) is 14.8. The molecule has 1 heterocycles. The van der Waals surface area contributed by atoms with Crippen molar-refractivity contribution >= 4 is 5.97 Å². The van der Waals surface area contributed by atoms with Crippen molar-refractivity contribution in [2.45, 2.75) is 13.3 Å². The summed E-state index contributed by atoms with van der Waals surface area (Å²) in [6, 6.07) is 10.2. The van der Waals surface area contributed by atoms with Crippen molar-refractivity contribution in [1.29, 1.82) is 0 Å². The first-order valence-corrected chi connectivity index (χ1v) is 6.67. The molecule has 1 N–H and O–H groups in total. The maximum atomic E-state index is 10.8. The lowest BCUT2D eigenvalue weighted by Gasteiger charge is -2.08. The number of hydrogen-bond donors (Lipinski definition) is 1. The Morgan fingerprint density at radius 2 is 1.90 bits per heavy atom. The fourth-order valence-corrected chi connectivity index (χ4v) is 1.70. The van der Waals surface area contributed by atoms with Crippen LogP contribution in [0.4, 0.5) is 0 Å². The minimum atomic E-state index is -0.962. The number of carbonyl (C=O) groups is 1. The van der Waals surface area contributed by atoms with Gasteiger partial charge in [-0.25, -0.2) is 4.79 Å². The van der Waals surface area contributed by atoms with Crippen LogP contribution < -0.4 is 9.47 Å². The summed E-state index contributed by atoms with van der Waals surface area (Å²) in [6.45, 7) is 2.90. The van der Waals surface area contributed by atoms with Crippen molar-refractivity contribution in [3.63, 3.8) is 0 Å². The summed E-state index contributed by atoms with van der Waals surface area (Å²) in [5.74, 6) is 0.316. The molecule has 0 aliphatic heterocycles. The minimum Gasteiger partial charge on any atom is -0.493 e. The summed E-state index contributed by atoms with van der Waals surface area (Å²) in [6.07, 6.45) is 2.39. The van der Waals surface area contributed by atoms with Crippen molar-refractivity contribution in [2.75, 3.05) is 13.2 Å². The van der Waals surface area contributed by atoms with Gasteiger partial charge in [-0.1, -0.05) is 6.07 Å². The largest absolute Gasteiger partial charge is 0.493 e. The molecule has 0 fully saturated rings. The molecule has 0 unspecified atom stereocenters. The van der Waals surface area contributed by atoms with E-state index in [4.69, 9.17) is 14.6 Å². The van der Waals surface area contributed by atoms with Gasteiger partial charge in [-0.15, -0.1) is 0 Å². The number of nitrogens with zero attached hydrogens (tertiary/aromatic N) is 1. The molecule has 0 spiro atoms. The second kappa shape index (κ2) is 7.28. The van der Waals surface area contributed by atoms with Crippen LogP contribution in [-0.2, 0) is 0 Å². The van der Waals surface area contributed by atoms with Crippen LogP contribution in [-0.4, -0.2) is 29.3 Å². The Labute approximate surface area is 123 Å². The number of rotatable bonds is 7. The van der Waals surface area contributed by atoms with E-state index < -0.39 is 5.97 Å². The molecule has 5 nitrogen and oxygen atoms in total. The maximum Gasteiger partial charge on any atom is 0.335 e. The van der Waals surface area contributed by atoms with Crippen molar-refractivity contribution in [3.8, 4) is 11.5 Å². The van der Waals surface area contributed by atoms with E-state index in [1.165, 1.54) is 12.1 Å². The van der Waals surface area contributed by atoms with E-state index >= 15 is 0 Å². The second-order valence-corrected chi connectivity index (χ2v) is 4.52. The summed E-state index contributed by atoms with van der Waals surface area (Å²) in [5.41, 5.74) is 1.17. The van der Waals surface area contributed by atoms with Gasteiger partial charge in [0.05, 0.1) is 25.0 Å². The first-order valence-electron chi connectivity index (χ1n) is 6.67. The van der Waals surface area contributed by atoms with Crippen LogP contribution in [0, 0.1) is 6.92 Å². The summed E-state index contributed by atoms with van der Waals surface area (Å²) in [5, 5.41) is 8.88. The number of hydrogen-bond acceptors (Lipinski definition) is 4. The number of ether oxygens (including phenoxy) is 2. The van der Waals surface area contributed by atoms with Crippen LogP contribution in [0.15, 0.2) is 42.6 Å². The lowest BCUT2D eigenvalue weighted by molar-refractivity contribution is 0.0696. The second-order valence-electron chi connectivity index (χ2n) is 4.52. The Kier molecular flexibility index (Phi) is 5.15. The molecule has 0 saturated carbocycles. The van der Waals surface area contributed by atoms with E-state index in [0.29, 0.717) is 25.4 Å². The van der Waals surface area contributed by atoms with E-state index in [1.807, 2.05) is 19.1 Å². The smallest absolute Gasteiger partial charge is 0.335 e. The van der Waals surface area contributed by atoms with Gasteiger partial charge in [-0.05, 0) is 37.3 Å². The molecule has 2 rings (SSSR count). The standard InChI is InChI=1S/C16H17NO4/c1-12-6-7-15(11-17-12)21-9-3-8-20-14-5-2-4-13(10-14)16(18)19/h2,4-7,10-11H,3,8-9H2,1H3,(H,18,19). The number of carboxylic acids is 1. The van der Waals surface area contributed by atoms with Crippen LogP contribution in [0.3, 0.4) is 0 Å². The highest BCUT2D eigenvalue weighted by atomic mass is 16.5. The van der Waals surface area contributed by atoms with Crippen molar-refractivity contribution in [1.82, 2.24) is 4.98 Å². The first-order chi connectivity index (χ1) is 10.1. The molecule has 2 aromatic rings. The quantitative estimate of drug-likeness (QED) is 0.793. The Morgan fingerprint density at radius 1 is 1.14 bits per heavy atom. The highest BCUT2D eigenvalue weighted by Crippen LogP contribution is 2.14. The van der Waals surface area contributed by atoms with Crippen molar-refractivity contribution < 1.29 is 19.4 Å². The number of aromatic carboxylic acids is 1. The monoisotopic (exact) mass is 287 g/mol. The van der Waals surface area contributed by atoms with Crippen molar-refractivity contribution in [2.24, 2.45) is 0 Å². The average Bonchev–Trinajstić information content (AvgIpc) is 2.49. The molecular formula is C16H17NO4. The van der Waals surface area contributed by atoms with E-state index in [-0.39, 0.29) is 5.56 Å². The topological polar surface area (TPSA) is 68.7 Å². The Morgan fingerprint density at radius 3 is 2.57 bits per heavy atom. The molecular weight excluding hydrogens is 270 g/mol. The van der Waals surface area contributed by atoms with E-state index in [0.717, 1.165) is 11.4 Å². The van der Waals surface area contributed by atoms with E-state index in [2.05, 4.69) is 4.98 Å². The Balaban J connectivity index is 1.71. The third-order valence-corrected chi connectivity index (χ3v) is 2.79. The fraction of sp³-hybridized carbons (Fsp3) is 0.250. The van der Waals surface area contributed by atoms with Crippen LogP contribution in [0.1, 0.15) is 22.5 Å². The molecule has 0 aliphatic rings. The average molecular weight is 287 g/mol. The zero-order chi connectivity index (χ0) is 15.1. The van der Waals surface area contributed by atoms with Crippen molar-refractivity contribution in [3.05, 3.63) is 53.9 Å². The minimum absolute atomic E-state index is 0.217. The molecule has 0 amide bonds. The van der Waals surface area contributed by atoms with Crippen LogP contribution in [0.5, 0.6) is 11.5 Å². The lowest BCUT2D eigenvalue weighted by atomic mass is 10.2. The summed E-state index contributed by atoms with van der Waals surface area (Å²) in [7, 11) is 0.